The van der Waals surface area contributed by atoms with E-state index in [1.807, 2.05) is 30.0 Å². The Labute approximate surface area is 127 Å². The van der Waals surface area contributed by atoms with E-state index in [0.29, 0.717) is 18.8 Å². The fourth-order valence-corrected chi connectivity index (χ4v) is 3.27. The lowest BCUT2D eigenvalue weighted by Crippen LogP contribution is -2.56. The number of carbonyl (C=O) groups excluding carboxylic acids is 1. The summed E-state index contributed by atoms with van der Waals surface area (Å²) in [5.74, 6) is 0.585. The third-order valence-corrected chi connectivity index (χ3v) is 4.47. The Morgan fingerprint density at radius 3 is 2.33 bits per heavy atom. The smallest absolute Gasteiger partial charge is 0.410 e. The molecule has 0 radical (unpaired) electrons. The number of hydrogen-bond acceptors (Lipinski definition) is 3. The van der Waals surface area contributed by atoms with E-state index in [1.165, 1.54) is 12.8 Å². The first-order chi connectivity index (χ1) is 10.2. The molecule has 4 heteroatoms. The molecule has 2 N–H and O–H groups in total. The van der Waals surface area contributed by atoms with Crippen molar-refractivity contribution < 1.29 is 9.53 Å². The number of hydrogen-bond donors (Lipinski definition) is 1. The standard InChI is InChI=1S/C17H26N2O2/c1-2-19(16(20)21-15-10-6-5-7-11-15)17(14-18)12-8-3-4-9-13-17/h5-7,10-11H,2-4,8-9,12-14,18H2,1H3. The molecule has 0 saturated heterocycles. The highest BCUT2D eigenvalue weighted by Gasteiger charge is 2.38. The fourth-order valence-electron chi connectivity index (χ4n) is 3.27. The maximum Gasteiger partial charge on any atom is 0.415 e. The van der Waals surface area contributed by atoms with Crippen molar-refractivity contribution in [1.29, 1.82) is 0 Å². The van der Waals surface area contributed by atoms with Gasteiger partial charge in [-0.25, -0.2) is 4.79 Å². The third kappa shape index (κ3) is 3.76. The van der Waals surface area contributed by atoms with Crippen LogP contribution in [0.5, 0.6) is 5.75 Å². The van der Waals surface area contributed by atoms with Crippen LogP contribution in [0, 0.1) is 0 Å². The largest absolute Gasteiger partial charge is 0.415 e. The number of carbonyl (C=O) groups is 1. The van der Waals surface area contributed by atoms with Crippen LogP contribution in [0.1, 0.15) is 45.4 Å². The highest BCUT2D eigenvalue weighted by molar-refractivity contribution is 5.71. The van der Waals surface area contributed by atoms with Gasteiger partial charge in [-0.15, -0.1) is 0 Å². The number of nitrogens with two attached hydrogens (primary N) is 1. The summed E-state index contributed by atoms with van der Waals surface area (Å²) in [5, 5.41) is 0. The van der Waals surface area contributed by atoms with Crippen LogP contribution >= 0.6 is 0 Å². The van der Waals surface area contributed by atoms with Gasteiger partial charge in [-0.1, -0.05) is 43.9 Å². The van der Waals surface area contributed by atoms with Crippen molar-refractivity contribution in [2.24, 2.45) is 5.73 Å². The number of ether oxygens (including phenoxy) is 1. The SMILES string of the molecule is CCN(C(=O)Oc1ccccc1)C1(CN)CCCCCC1. The monoisotopic (exact) mass is 290 g/mol. The Morgan fingerprint density at radius 1 is 1.19 bits per heavy atom. The average molecular weight is 290 g/mol. The van der Waals surface area contributed by atoms with Crippen molar-refractivity contribution in [3.8, 4) is 5.75 Å². The Kier molecular flexibility index (Phi) is 5.62. The van der Waals surface area contributed by atoms with Crippen molar-refractivity contribution in [2.45, 2.75) is 51.0 Å². The van der Waals surface area contributed by atoms with Gasteiger partial charge in [0, 0.05) is 13.1 Å². The van der Waals surface area contributed by atoms with E-state index >= 15 is 0 Å². The fraction of sp³-hybridized carbons (Fsp3) is 0.588. The predicted octanol–water partition coefficient (Wildman–Crippen LogP) is 3.56. The summed E-state index contributed by atoms with van der Waals surface area (Å²) < 4.78 is 5.52. The number of rotatable bonds is 4. The third-order valence-electron chi connectivity index (χ3n) is 4.47. The summed E-state index contributed by atoms with van der Waals surface area (Å²) in [4.78, 5) is 14.4. The molecule has 116 valence electrons. The van der Waals surface area contributed by atoms with E-state index in [2.05, 4.69) is 0 Å². The van der Waals surface area contributed by atoms with E-state index in [0.717, 1.165) is 25.7 Å². The van der Waals surface area contributed by atoms with Crippen LogP contribution in [0.25, 0.3) is 0 Å². The van der Waals surface area contributed by atoms with Crippen LogP contribution in [-0.4, -0.2) is 29.6 Å². The molecule has 1 aromatic carbocycles. The number of likely N-dealkylation sites (N-methyl/N-ethyl adjacent to an activating group) is 1. The molecule has 1 aliphatic rings. The van der Waals surface area contributed by atoms with Crippen LogP contribution in [0.4, 0.5) is 4.79 Å². The molecule has 1 saturated carbocycles. The Hall–Kier alpha value is -1.55. The van der Waals surface area contributed by atoms with Gasteiger partial charge >= 0.3 is 6.09 Å². The number of benzene rings is 1. The van der Waals surface area contributed by atoms with Gasteiger partial charge in [0.15, 0.2) is 0 Å². The van der Waals surface area contributed by atoms with Crippen LogP contribution in [0.2, 0.25) is 0 Å². The lowest BCUT2D eigenvalue weighted by molar-refractivity contribution is 0.0773. The maximum atomic E-state index is 12.6. The summed E-state index contributed by atoms with van der Waals surface area (Å²) in [6.45, 7) is 3.13. The molecule has 1 aliphatic carbocycles. The van der Waals surface area contributed by atoms with Gasteiger partial charge in [0.25, 0.3) is 0 Å². The molecule has 0 spiro atoms. The van der Waals surface area contributed by atoms with Gasteiger partial charge in [-0.05, 0) is 31.9 Å². The van der Waals surface area contributed by atoms with Gasteiger partial charge in [0.2, 0.25) is 0 Å². The zero-order valence-corrected chi connectivity index (χ0v) is 12.9. The minimum Gasteiger partial charge on any atom is -0.410 e. The molecule has 1 aromatic rings. The quantitative estimate of drug-likeness (QED) is 0.863. The second kappa shape index (κ2) is 7.46. The Balaban J connectivity index is 2.14. The highest BCUT2D eigenvalue weighted by atomic mass is 16.6. The van der Waals surface area contributed by atoms with E-state index in [9.17, 15) is 4.79 Å². The predicted molar refractivity (Wildman–Crippen MR) is 84.3 cm³/mol. The lowest BCUT2D eigenvalue weighted by atomic mass is 9.88. The zero-order valence-electron chi connectivity index (χ0n) is 12.9. The molecule has 2 rings (SSSR count). The number of nitrogens with zero attached hydrogens (tertiary/aromatic N) is 1. The van der Waals surface area contributed by atoms with Crippen LogP contribution in [0.15, 0.2) is 30.3 Å². The maximum absolute atomic E-state index is 12.6. The molecule has 0 heterocycles. The second-order valence-electron chi connectivity index (χ2n) is 5.77. The molecular weight excluding hydrogens is 264 g/mol. The molecule has 0 aromatic heterocycles. The van der Waals surface area contributed by atoms with Gasteiger partial charge in [-0.2, -0.15) is 0 Å². The van der Waals surface area contributed by atoms with Gasteiger partial charge in [0.1, 0.15) is 5.75 Å². The van der Waals surface area contributed by atoms with Crippen molar-refractivity contribution >= 4 is 6.09 Å². The molecule has 1 fully saturated rings. The van der Waals surface area contributed by atoms with Crippen molar-refractivity contribution in [3.05, 3.63) is 30.3 Å². The van der Waals surface area contributed by atoms with E-state index in [1.54, 1.807) is 12.1 Å². The molecule has 0 bridgehead atoms. The van der Waals surface area contributed by atoms with Gasteiger partial charge in [0.05, 0.1) is 5.54 Å². The minimum atomic E-state index is -0.281. The van der Waals surface area contributed by atoms with E-state index in [4.69, 9.17) is 10.5 Å². The summed E-state index contributed by atoms with van der Waals surface area (Å²) in [5.41, 5.74) is 5.83. The zero-order chi connectivity index (χ0) is 15.1. The van der Waals surface area contributed by atoms with Crippen LogP contribution in [0.3, 0.4) is 0 Å². The van der Waals surface area contributed by atoms with E-state index in [-0.39, 0.29) is 11.6 Å². The molecule has 0 aliphatic heterocycles. The van der Waals surface area contributed by atoms with Crippen LogP contribution in [-0.2, 0) is 0 Å². The lowest BCUT2D eigenvalue weighted by Gasteiger charge is -2.41. The first-order valence-corrected chi connectivity index (χ1v) is 7.96. The molecule has 4 nitrogen and oxygen atoms in total. The first-order valence-electron chi connectivity index (χ1n) is 7.96. The summed E-state index contributed by atoms with van der Waals surface area (Å²) in [6.07, 6.45) is 6.39. The van der Waals surface area contributed by atoms with Gasteiger partial charge < -0.3 is 15.4 Å². The van der Waals surface area contributed by atoms with Crippen molar-refractivity contribution in [3.63, 3.8) is 0 Å². The summed E-state index contributed by atoms with van der Waals surface area (Å²) in [6, 6.07) is 9.23. The molecule has 0 unspecified atom stereocenters. The Morgan fingerprint density at radius 2 is 1.81 bits per heavy atom. The van der Waals surface area contributed by atoms with Crippen molar-refractivity contribution in [2.75, 3.05) is 13.1 Å². The topological polar surface area (TPSA) is 55.6 Å². The summed E-state index contributed by atoms with van der Waals surface area (Å²) in [7, 11) is 0. The molecule has 1 amide bonds. The Bertz CT molecular complexity index is 439. The normalized spacial score (nSPS) is 17.8. The number of para-hydroxylation sites is 1. The molecule has 21 heavy (non-hydrogen) atoms. The average Bonchev–Trinajstić information content (AvgIpc) is 2.75. The second-order valence-corrected chi connectivity index (χ2v) is 5.77. The van der Waals surface area contributed by atoms with Gasteiger partial charge in [-0.3, -0.25) is 0 Å². The first kappa shape index (κ1) is 15.8. The van der Waals surface area contributed by atoms with Crippen LogP contribution < -0.4 is 10.5 Å². The summed E-state index contributed by atoms with van der Waals surface area (Å²) >= 11 is 0. The highest BCUT2D eigenvalue weighted by Crippen LogP contribution is 2.32. The van der Waals surface area contributed by atoms with E-state index < -0.39 is 0 Å². The molecule has 0 atom stereocenters. The number of amides is 1. The van der Waals surface area contributed by atoms with Crippen molar-refractivity contribution in [1.82, 2.24) is 4.90 Å². The molecular formula is C17H26N2O2. The minimum absolute atomic E-state index is 0.239.